The average Bonchev–Trinajstić information content (AvgIpc) is 3.01. The van der Waals surface area contributed by atoms with Crippen molar-refractivity contribution >= 4 is 28.5 Å². The number of hydrogen-bond donors (Lipinski definition) is 3. The molecule has 0 aliphatic carbocycles. The molecule has 0 atom stereocenters. The molecule has 7 heteroatoms. The Labute approximate surface area is 167 Å². The highest BCUT2D eigenvalue weighted by Crippen LogP contribution is 2.28. The molecule has 2 heterocycles. The largest absolute Gasteiger partial charge is 0.494 e. The molecular formula is C22H20FN5O. The number of H-pyrrole nitrogens is 1. The second-order valence-corrected chi connectivity index (χ2v) is 6.84. The number of aromatic nitrogens is 3. The summed E-state index contributed by atoms with van der Waals surface area (Å²) >= 11 is 0. The van der Waals surface area contributed by atoms with Crippen LogP contribution in [0.1, 0.15) is 22.5 Å². The Bertz CT molecular complexity index is 1200. The van der Waals surface area contributed by atoms with Gasteiger partial charge < -0.3 is 15.4 Å². The molecule has 0 bridgehead atoms. The maximum Gasteiger partial charge on any atom is 0.198 e. The minimum Gasteiger partial charge on any atom is -0.494 e. The monoisotopic (exact) mass is 389 g/mol. The third-order valence-electron chi connectivity index (χ3n) is 4.63. The maximum atomic E-state index is 13.4. The lowest BCUT2D eigenvalue weighted by Crippen LogP contribution is -2.03. The van der Waals surface area contributed by atoms with Crippen molar-refractivity contribution in [2.75, 3.05) is 5.32 Å². The summed E-state index contributed by atoms with van der Waals surface area (Å²) in [6.45, 7) is 4.48. The van der Waals surface area contributed by atoms with E-state index in [1.54, 1.807) is 24.7 Å². The van der Waals surface area contributed by atoms with Crippen LogP contribution in [0, 0.1) is 19.7 Å². The van der Waals surface area contributed by atoms with Gasteiger partial charge in [-0.25, -0.2) is 4.39 Å². The van der Waals surface area contributed by atoms with Crippen LogP contribution in [0.5, 0.6) is 5.88 Å². The van der Waals surface area contributed by atoms with Gasteiger partial charge in [-0.2, -0.15) is 0 Å². The maximum absolute atomic E-state index is 13.4. The molecule has 4 aromatic rings. The molecule has 0 unspecified atom stereocenters. The molecule has 0 aliphatic rings. The van der Waals surface area contributed by atoms with Gasteiger partial charge in [-0.1, -0.05) is 0 Å². The number of rotatable bonds is 5. The molecule has 2 aromatic carbocycles. The lowest BCUT2D eigenvalue weighted by Gasteiger charge is -2.09. The van der Waals surface area contributed by atoms with Crippen LogP contribution >= 0.6 is 0 Å². The van der Waals surface area contributed by atoms with Gasteiger partial charge in [-0.05, 0) is 55.8 Å². The van der Waals surface area contributed by atoms with E-state index in [-0.39, 0.29) is 11.7 Å². The van der Waals surface area contributed by atoms with Crippen molar-refractivity contribution in [2.45, 2.75) is 20.4 Å². The number of anilines is 1. The third kappa shape index (κ3) is 4.08. The molecule has 146 valence electrons. The van der Waals surface area contributed by atoms with Gasteiger partial charge in [0, 0.05) is 23.5 Å². The fourth-order valence-electron chi connectivity index (χ4n) is 3.07. The van der Waals surface area contributed by atoms with Crippen LogP contribution in [0.15, 0.2) is 53.8 Å². The summed E-state index contributed by atoms with van der Waals surface area (Å²) in [5, 5.41) is 14.2. The van der Waals surface area contributed by atoms with Gasteiger partial charge in [0.15, 0.2) is 5.88 Å². The molecule has 2 aromatic heterocycles. The summed E-state index contributed by atoms with van der Waals surface area (Å²) in [5.41, 5.74) is 5.57. The number of aromatic hydroxyl groups is 1. The Kier molecular flexibility index (Phi) is 4.95. The van der Waals surface area contributed by atoms with E-state index in [0.29, 0.717) is 23.0 Å². The number of aliphatic imine (C=N–C) groups is 1. The predicted molar refractivity (Wildman–Crippen MR) is 112 cm³/mol. The molecular weight excluding hydrogens is 369 g/mol. The minimum atomic E-state index is -0.363. The Morgan fingerprint density at radius 3 is 2.76 bits per heavy atom. The summed E-state index contributed by atoms with van der Waals surface area (Å²) in [6, 6.07) is 10.1. The lowest BCUT2D eigenvalue weighted by molar-refractivity contribution is 0.457. The van der Waals surface area contributed by atoms with Crippen molar-refractivity contribution < 1.29 is 9.50 Å². The Hall–Kier alpha value is -3.74. The lowest BCUT2D eigenvalue weighted by atomic mass is 10.1. The van der Waals surface area contributed by atoms with Gasteiger partial charge in [-0.15, -0.1) is 0 Å². The Balaban J connectivity index is 1.51. The number of benzene rings is 2. The molecule has 29 heavy (non-hydrogen) atoms. The van der Waals surface area contributed by atoms with E-state index in [4.69, 9.17) is 0 Å². The average molecular weight is 389 g/mol. The van der Waals surface area contributed by atoms with Gasteiger partial charge in [0.1, 0.15) is 5.82 Å². The number of hydrogen-bond acceptors (Lipinski definition) is 5. The van der Waals surface area contributed by atoms with Crippen LogP contribution in [0.3, 0.4) is 0 Å². The number of aryl methyl sites for hydroxylation is 2. The molecule has 0 aliphatic heterocycles. The van der Waals surface area contributed by atoms with Crippen LogP contribution in [0.2, 0.25) is 0 Å². The zero-order valence-corrected chi connectivity index (χ0v) is 16.1. The Morgan fingerprint density at radius 1 is 1.14 bits per heavy atom. The van der Waals surface area contributed by atoms with Crippen molar-refractivity contribution in [3.63, 3.8) is 0 Å². The van der Waals surface area contributed by atoms with Crippen LogP contribution in [-0.2, 0) is 6.54 Å². The summed E-state index contributed by atoms with van der Waals surface area (Å²) in [6.07, 6.45) is 5.09. The van der Waals surface area contributed by atoms with E-state index in [2.05, 4.69) is 25.3 Å². The predicted octanol–water partition coefficient (Wildman–Crippen LogP) is 4.78. The number of fused-ring (bicyclic) bond motifs is 1. The van der Waals surface area contributed by atoms with Crippen LogP contribution in [0.25, 0.3) is 10.9 Å². The normalized spacial score (nSPS) is 11.4. The van der Waals surface area contributed by atoms with E-state index in [9.17, 15) is 9.50 Å². The van der Waals surface area contributed by atoms with E-state index in [0.717, 1.165) is 28.3 Å². The summed E-state index contributed by atoms with van der Waals surface area (Å²) in [7, 11) is 0. The third-order valence-corrected chi connectivity index (χ3v) is 4.63. The molecule has 6 nitrogen and oxygen atoms in total. The molecule has 4 rings (SSSR count). The first-order chi connectivity index (χ1) is 14.0. The van der Waals surface area contributed by atoms with Gasteiger partial charge in [-0.3, -0.25) is 15.0 Å². The smallest absolute Gasteiger partial charge is 0.198 e. The number of nitrogens with zero attached hydrogens (tertiary/aromatic N) is 3. The fourth-order valence-corrected chi connectivity index (χ4v) is 3.07. The highest BCUT2D eigenvalue weighted by atomic mass is 19.1. The summed E-state index contributed by atoms with van der Waals surface area (Å²) in [4.78, 5) is 15.8. The summed E-state index contributed by atoms with van der Waals surface area (Å²) < 4.78 is 13.4. The van der Waals surface area contributed by atoms with E-state index >= 15 is 0 Å². The summed E-state index contributed by atoms with van der Waals surface area (Å²) in [5.74, 6) is -0.402. The molecule has 0 saturated carbocycles. The van der Waals surface area contributed by atoms with Crippen LogP contribution in [-0.4, -0.2) is 26.3 Å². The fraction of sp³-hybridized carbons (Fsp3) is 0.136. The molecule has 3 N–H and O–H groups in total. The number of halogens is 1. The van der Waals surface area contributed by atoms with E-state index in [1.165, 1.54) is 12.1 Å². The second-order valence-electron chi connectivity index (χ2n) is 6.84. The van der Waals surface area contributed by atoms with Gasteiger partial charge in [0.25, 0.3) is 0 Å². The molecule has 0 saturated heterocycles. The van der Waals surface area contributed by atoms with Crippen LogP contribution in [0.4, 0.5) is 15.8 Å². The van der Waals surface area contributed by atoms with Gasteiger partial charge in [0.2, 0.25) is 0 Å². The Morgan fingerprint density at radius 2 is 2.00 bits per heavy atom. The standard InChI is InChI=1S/C22H20FN5O/c1-13-7-16(4-6-20(13)27-11-17-10-24-14(2)9-25-17)26-12-19-18-5-3-15(23)8-21(18)28-22(19)29/h3-10,12,27-29H,11H2,1-2H3. The zero-order chi connectivity index (χ0) is 20.4. The second kappa shape index (κ2) is 7.71. The van der Waals surface area contributed by atoms with Crippen molar-refractivity contribution in [2.24, 2.45) is 4.99 Å². The van der Waals surface area contributed by atoms with E-state index in [1.807, 2.05) is 32.0 Å². The van der Waals surface area contributed by atoms with Crippen LogP contribution < -0.4 is 5.32 Å². The molecule has 0 amide bonds. The first kappa shape index (κ1) is 18.6. The highest BCUT2D eigenvalue weighted by molar-refractivity contribution is 6.02. The van der Waals surface area contributed by atoms with Crippen molar-refractivity contribution in [1.82, 2.24) is 15.0 Å². The van der Waals surface area contributed by atoms with Crippen molar-refractivity contribution in [3.05, 3.63) is 77.1 Å². The molecule has 0 radical (unpaired) electrons. The number of aromatic amines is 1. The van der Waals surface area contributed by atoms with Crippen molar-refractivity contribution in [3.8, 4) is 5.88 Å². The first-order valence-electron chi connectivity index (χ1n) is 9.16. The highest BCUT2D eigenvalue weighted by Gasteiger charge is 2.09. The zero-order valence-electron chi connectivity index (χ0n) is 16.1. The van der Waals surface area contributed by atoms with Gasteiger partial charge in [0.05, 0.1) is 40.9 Å². The van der Waals surface area contributed by atoms with E-state index < -0.39 is 0 Å². The first-order valence-corrected chi connectivity index (χ1v) is 9.16. The number of nitrogens with one attached hydrogen (secondary N) is 2. The topological polar surface area (TPSA) is 86.2 Å². The minimum absolute atomic E-state index is 0.0384. The quantitative estimate of drug-likeness (QED) is 0.429. The van der Waals surface area contributed by atoms with Gasteiger partial charge >= 0.3 is 0 Å². The molecule has 0 fully saturated rings. The SMILES string of the molecule is Cc1cnc(CNc2ccc(N=Cc3c(O)[nH]c4cc(F)ccc34)cc2C)cn1. The molecule has 0 spiro atoms. The van der Waals surface area contributed by atoms with Crippen molar-refractivity contribution in [1.29, 1.82) is 0 Å².